The lowest BCUT2D eigenvalue weighted by Crippen LogP contribution is -2.23. The molecule has 0 N–H and O–H groups in total. The smallest absolute Gasteiger partial charge is 0.339 e. The van der Waals surface area contributed by atoms with Gasteiger partial charge in [0.25, 0.3) is 0 Å². The summed E-state index contributed by atoms with van der Waals surface area (Å²) in [5.41, 5.74) is 1.73. The molecule has 2 aromatic carbocycles. The number of halogens is 1. The Hall–Kier alpha value is -1.80. The van der Waals surface area contributed by atoms with Gasteiger partial charge in [-0.3, -0.25) is 0 Å². The van der Waals surface area contributed by atoms with Gasteiger partial charge >= 0.3 is 5.97 Å². The zero-order chi connectivity index (χ0) is 12.8. The SMILES string of the molecule is CC1(c2ccc(Cl)cc2)OC(=O)c2ccccc21. The third kappa shape index (κ3) is 1.53. The molecule has 0 amide bonds. The van der Waals surface area contributed by atoms with E-state index in [9.17, 15) is 4.79 Å². The number of hydrogen-bond acceptors (Lipinski definition) is 2. The van der Waals surface area contributed by atoms with Crippen LogP contribution in [0.2, 0.25) is 5.02 Å². The quantitative estimate of drug-likeness (QED) is 0.728. The van der Waals surface area contributed by atoms with E-state index in [2.05, 4.69) is 0 Å². The van der Waals surface area contributed by atoms with Gasteiger partial charge in [0.05, 0.1) is 5.56 Å². The van der Waals surface area contributed by atoms with Crippen LogP contribution in [0.5, 0.6) is 0 Å². The minimum atomic E-state index is -0.724. The summed E-state index contributed by atoms with van der Waals surface area (Å²) in [6.07, 6.45) is 0. The summed E-state index contributed by atoms with van der Waals surface area (Å²) in [6, 6.07) is 14.8. The number of ether oxygens (including phenoxy) is 1. The lowest BCUT2D eigenvalue weighted by Gasteiger charge is -2.24. The highest BCUT2D eigenvalue weighted by Crippen LogP contribution is 2.41. The Morgan fingerprint density at radius 1 is 1.06 bits per heavy atom. The first-order valence-electron chi connectivity index (χ1n) is 5.70. The highest BCUT2D eigenvalue weighted by Gasteiger charge is 2.42. The Morgan fingerprint density at radius 3 is 2.44 bits per heavy atom. The molecule has 0 bridgehead atoms. The first-order chi connectivity index (χ1) is 8.61. The number of hydrogen-bond donors (Lipinski definition) is 0. The lowest BCUT2D eigenvalue weighted by molar-refractivity contribution is 0.0180. The van der Waals surface area contributed by atoms with Gasteiger partial charge in [0.15, 0.2) is 5.60 Å². The van der Waals surface area contributed by atoms with Crippen LogP contribution in [0.3, 0.4) is 0 Å². The van der Waals surface area contributed by atoms with E-state index in [0.29, 0.717) is 10.6 Å². The van der Waals surface area contributed by atoms with E-state index in [1.807, 2.05) is 37.3 Å². The Bertz CT molecular complexity index is 619. The highest BCUT2D eigenvalue weighted by atomic mass is 35.5. The molecule has 1 atom stereocenters. The van der Waals surface area contributed by atoms with Gasteiger partial charge in [-0.1, -0.05) is 41.9 Å². The molecule has 0 radical (unpaired) electrons. The second-order valence-electron chi connectivity index (χ2n) is 4.48. The third-order valence-corrected chi connectivity index (χ3v) is 3.60. The van der Waals surface area contributed by atoms with Crippen LogP contribution in [-0.2, 0) is 10.3 Å². The lowest BCUT2D eigenvalue weighted by atomic mass is 9.87. The number of cyclic esters (lactones) is 1. The molecule has 2 aromatic rings. The number of rotatable bonds is 1. The van der Waals surface area contributed by atoms with Crippen LogP contribution in [-0.4, -0.2) is 5.97 Å². The van der Waals surface area contributed by atoms with Crippen molar-refractivity contribution in [3.63, 3.8) is 0 Å². The maximum Gasteiger partial charge on any atom is 0.339 e. The predicted octanol–water partition coefficient (Wildman–Crippen LogP) is 3.77. The normalized spacial score (nSPS) is 21.6. The maximum absolute atomic E-state index is 11.9. The topological polar surface area (TPSA) is 26.3 Å². The fourth-order valence-corrected chi connectivity index (χ4v) is 2.48. The van der Waals surface area contributed by atoms with E-state index in [1.54, 1.807) is 18.2 Å². The van der Waals surface area contributed by atoms with Gasteiger partial charge in [-0.25, -0.2) is 4.79 Å². The first kappa shape index (κ1) is 11.3. The summed E-state index contributed by atoms with van der Waals surface area (Å²) in [7, 11) is 0. The van der Waals surface area contributed by atoms with E-state index < -0.39 is 5.60 Å². The predicted molar refractivity (Wildman–Crippen MR) is 69.8 cm³/mol. The molecule has 90 valence electrons. The summed E-state index contributed by atoms with van der Waals surface area (Å²) in [6.45, 7) is 1.90. The number of carbonyl (C=O) groups is 1. The van der Waals surface area contributed by atoms with E-state index in [-0.39, 0.29) is 5.97 Å². The van der Waals surface area contributed by atoms with Crippen molar-refractivity contribution in [3.05, 3.63) is 70.2 Å². The van der Waals surface area contributed by atoms with Gasteiger partial charge in [-0.15, -0.1) is 0 Å². The van der Waals surface area contributed by atoms with Crippen molar-refractivity contribution in [1.29, 1.82) is 0 Å². The Labute approximate surface area is 110 Å². The molecule has 18 heavy (non-hydrogen) atoms. The second kappa shape index (κ2) is 3.85. The largest absolute Gasteiger partial charge is 0.446 e. The van der Waals surface area contributed by atoms with Crippen LogP contribution in [0.15, 0.2) is 48.5 Å². The van der Waals surface area contributed by atoms with Crippen molar-refractivity contribution < 1.29 is 9.53 Å². The molecule has 1 heterocycles. The van der Waals surface area contributed by atoms with E-state index in [0.717, 1.165) is 11.1 Å². The van der Waals surface area contributed by atoms with Gasteiger partial charge in [0, 0.05) is 10.6 Å². The molecule has 1 unspecified atom stereocenters. The highest BCUT2D eigenvalue weighted by molar-refractivity contribution is 6.30. The Kier molecular flexibility index (Phi) is 2.42. The van der Waals surface area contributed by atoms with Crippen molar-refractivity contribution in [1.82, 2.24) is 0 Å². The molecular formula is C15H11ClO2. The standard InChI is InChI=1S/C15H11ClO2/c1-15(10-6-8-11(16)9-7-10)13-5-3-2-4-12(13)14(17)18-15/h2-9H,1H3. The Balaban J connectivity index is 2.17. The van der Waals surface area contributed by atoms with Gasteiger partial charge in [-0.05, 0) is 30.7 Å². The van der Waals surface area contributed by atoms with Crippen molar-refractivity contribution in [2.75, 3.05) is 0 Å². The molecular weight excluding hydrogens is 248 g/mol. The zero-order valence-electron chi connectivity index (χ0n) is 9.81. The van der Waals surface area contributed by atoms with Gasteiger partial charge < -0.3 is 4.74 Å². The summed E-state index contributed by atoms with van der Waals surface area (Å²) in [5.74, 6) is -0.275. The fourth-order valence-electron chi connectivity index (χ4n) is 2.35. The molecule has 0 fully saturated rings. The second-order valence-corrected chi connectivity index (χ2v) is 4.91. The molecule has 0 aromatic heterocycles. The average Bonchev–Trinajstić information content (AvgIpc) is 2.64. The van der Waals surface area contributed by atoms with Crippen LogP contribution in [0.1, 0.15) is 28.4 Å². The van der Waals surface area contributed by atoms with Crippen LogP contribution in [0.25, 0.3) is 0 Å². The van der Waals surface area contributed by atoms with Crippen LogP contribution in [0, 0.1) is 0 Å². The maximum atomic E-state index is 11.9. The van der Waals surface area contributed by atoms with Crippen molar-refractivity contribution in [2.24, 2.45) is 0 Å². The monoisotopic (exact) mass is 258 g/mol. The molecule has 0 saturated carbocycles. The van der Waals surface area contributed by atoms with Crippen molar-refractivity contribution >= 4 is 17.6 Å². The molecule has 3 rings (SSSR count). The summed E-state index contributed by atoms with van der Waals surface area (Å²) in [4.78, 5) is 11.9. The number of benzene rings is 2. The first-order valence-corrected chi connectivity index (χ1v) is 6.08. The molecule has 2 nitrogen and oxygen atoms in total. The average molecular weight is 259 g/mol. The summed E-state index contributed by atoms with van der Waals surface area (Å²) >= 11 is 5.88. The summed E-state index contributed by atoms with van der Waals surface area (Å²) < 4.78 is 5.56. The minimum absolute atomic E-state index is 0.275. The van der Waals surface area contributed by atoms with E-state index in [1.165, 1.54) is 0 Å². The molecule has 1 aliphatic heterocycles. The number of esters is 1. The molecule has 0 aliphatic carbocycles. The van der Waals surface area contributed by atoms with Gasteiger partial charge in [0.2, 0.25) is 0 Å². The minimum Gasteiger partial charge on any atom is -0.446 e. The van der Waals surface area contributed by atoms with Crippen LogP contribution >= 0.6 is 11.6 Å². The van der Waals surface area contributed by atoms with Crippen LogP contribution < -0.4 is 0 Å². The molecule has 0 saturated heterocycles. The summed E-state index contributed by atoms with van der Waals surface area (Å²) in [5, 5.41) is 0.667. The van der Waals surface area contributed by atoms with E-state index >= 15 is 0 Å². The number of carbonyl (C=O) groups excluding carboxylic acids is 1. The van der Waals surface area contributed by atoms with Gasteiger partial charge in [0.1, 0.15) is 0 Å². The Morgan fingerprint density at radius 2 is 1.72 bits per heavy atom. The third-order valence-electron chi connectivity index (χ3n) is 3.35. The van der Waals surface area contributed by atoms with Gasteiger partial charge in [-0.2, -0.15) is 0 Å². The molecule has 3 heteroatoms. The van der Waals surface area contributed by atoms with E-state index in [4.69, 9.17) is 16.3 Å². The van der Waals surface area contributed by atoms with Crippen molar-refractivity contribution in [2.45, 2.75) is 12.5 Å². The van der Waals surface area contributed by atoms with Crippen LogP contribution in [0.4, 0.5) is 0 Å². The fraction of sp³-hybridized carbons (Fsp3) is 0.133. The molecule has 0 spiro atoms. The zero-order valence-corrected chi connectivity index (χ0v) is 10.6. The number of fused-ring (bicyclic) bond motifs is 1. The molecule has 1 aliphatic rings. The van der Waals surface area contributed by atoms with Crippen molar-refractivity contribution in [3.8, 4) is 0 Å².